The van der Waals surface area contributed by atoms with E-state index in [4.69, 9.17) is 14.4 Å². The van der Waals surface area contributed by atoms with Crippen LogP contribution in [-0.2, 0) is 6.42 Å². The molecule has 4 heteroatoms. The zero-order chi connectivity index (χ0) is 27.2. The van der Waals surface area contributed by atoms with Crippen LogP contribution in [0.4, 0.5) is 0 Å². The van der Waals surface area contributed by atoms with E-state index in [1.165, 1.54) is 21.9 Å². The van der Waals surface area contributed by atoms with Gasteiger partial charge in [0.05, 0.1) is 0 Å². The van der Waals surface area contributed by atoms with Gasteiger partial charge in [-0.25, -0.2) is 9.98 Å². The van der Waals surface area contributed by atoms with Crippen molar-refractivity contribution in [2.75, 3.05) is 0 Å². The standard InChI is InChI=1S/C37H29N3O/c1-2-10-26(11-3-1)35-38-36(27-20-17-25(18-21-27)29-22-19-24-9-4-5-12-28(24)23-29)40-37(39-35)31-14-8-16-33-34(31)30-13-6-7-15-32(30)41-33/h1-7,9-15,17-20,22-23,27,37H,8,16,21H2,(H,38,39,40). The zero-order valence-corrected chi connectivity index (χ0v) is 22.6. The molecule has 1 aliphatic heterocycles. The number of para-hydroxylation sites is 1. The van der Waals surface area contributed by atoms with Crippen molar-refractivity contribution in [3.05, 3.63) is 144 Å². The van der Waals surface area contributed by atoms with Crippen LogP contribution in [0.3, 0.4) is 0 Å². The van der Waals surface area contributed by atoms with Crippen LogP contribution in [0.2, 0.25) is 0 Å². The van der Waals surface area contributed by atoms with Crippen molar-refractivity contribution >= 4 is 44.6 Å². The third-order valence-electron chi connectivity index (χ3n) is 8.31. The third-order valence-corrected chi connectivity index (χ3v) is 8.31. The van der Waals surface area contributed by atoms with Gasteiger partial charge in [-0.2, -0.15) is 0 Å². The Morgan fingerprint density at radius 3 is 2.46 bits per heavy atom. The number of allylic oxidation sites excluding steroid dienone is 4. The number of furan rings is 1. The highest BCUT2D eigenvalue weighted by atomic mass is 16.3. The Hall–Kier alpha value is -4.96. The van der Waals surface area contributed by atoms with Gasteiger partial charge in [-0.3, -0.25) is 0 Å². The second kappa shape index (κ2) is 9.90. The number of aryl methyl sites for hydroxylation is 1. The quantitative estimate of drug-likeness (QED) is 0.253. The fourth-order valence-electron chi connectivity index (χ4n) is 6.23. The zero-order valence-electron chi connectivity index (χ0n) is 22.6. The van der Waals surface area contributed by atoms with Gasteiger partial charge in [0.15, 0.2) is 6.17 Å². The number of rotatable bonds is 4. The summed E-state index contributed by atoms with van der Waals surface area (Å²) in [6.07, 6.45) is 11.5. The Bertz CT molecular complexity index is 1950. The molecule has 198 valence electrons. The minimum atomic E-state index is -0.333. The molecule has 8 rings (SSSR count). The molecule has 4 nitrogen and oxygen atoms in total. The van der Waals surface area contributed by atoms with E-state index >= 15 is 0 Å². The summed E-state index contributed by atoms with van der Waals surface area (Å²) in [5, 5.41) is 7.28. The Morgan fingerprint density at radius 1 is 0.756 bits per heavy atom. The van der Waals surface area contributed by atoms with Gasteiger partial charge in [0.2, 0.25) is 0 Å². The predicted molar refractivity (Wildman–Crippen MR) is 169 cm³/mol. The van der Waals surface area contributed by atoms with Crippen LogP contribution in [0.1, 0.15) is 35.3 Å². The molecule has 0 saturated carbocycles. The summed E-state index contributed by atoms with van der Waals surface area (Å²) in [6, 6.07) is 33.9. The Balaban J connectivity index is 1.15. The SMILES string of the molecule is C1=CC(C2=NC(C3=CCCc4oc5ccccc5c43)N=C(c3ccccc3)N2)CC=C1c1ccc2ccccc2c1. The number of amidine groups is 2. The molecule has 41 heavy (non-hydrogen) atoms. The van der Waals surface area contributed by atoms with Crippen molar-refractivity contribution in [1.82, 2.24) is 5.32 Å². The largest absolute Gasteiger partial charge is 0.460 e. The number of hydrogen-bond donors (Lipinski definition) is 1. The Labute approximate surface area is 239 Å². The molecule has 0 amide bonds. The fraction of sp³-hybridized carbons (Fsp3) is 0.135. The summed E-state index contributed by atoms with van der Waals surface area (Å²) < 4.78 is 6.27. The van der Waals surface area contributed by atoms with Gasteiger partial charge >= 0.3 is 0 Å². The minimum Gasteiger partial charge on any atom is -0.460 e. The van der Waals surface area contributed by atoms with Gasteiger partial charge in [-0.05, 0) is 46.9 Å². The number of fused-ring (bicyclic) bond motifs is 4. The van der Waals surface area contributed by atoms with Gasteiger partial charge < -0.3 is 9.73 Å². The number of aliphatic imine (C=N–C) groups is 2. The number of benzene rings is 4. The summed E-state index contributed by atoms with van der Waals surface area (Å²) in [4.78, 5) is 10.4. The molecule has 2 heterocycles. The molecule has 3 aliphatic rings. The van der Waals surface area contributed by atoms with Gasteiger partial charge in [-0.1, -0.05) is 109 Å². The number of hydrogen-bond acceptors (Lipinski definition) is 4. The molecule has 1 aromatic heterocycles. The maximum absolute atomic E-state index is 6.27. The van der Waals surface area contributed by atoms with Gasteiger partial charge in [0.1, 0.15) is 23.0 Å². The molecular weight excluding hydrogens is 502 g/mol. The lowest BCUT2D eigenvalue weighted by molar-refractivity contribution is 0.544. The van der Waals surface area contributed by atoms with Crippen molar-refractivity contribution < 1.29 is 4.42 Å². The lowest BCUT2D eigenvalue weighted by Gasteiger charge is -2.28. The predicted octanol–water partition coefficient (Wildman–Crippen LogP) is 8.35. The maximum atomic E-state index is 6.27. The van der Waals surface area contributed by atoms with E-state index in [0.717, 1.165) is 64.4 Å². The summed E-state index contributed by atoms with van der Waals surface area (Å²) in [5.74, 6) is 2.99. The van der Waals surface area contributed by atoms with Crippen LogP contribution in [0.25, 0.3) is 32.9 Å². The molecule has 0 spiro atoms. The van der Waals surface area contributed by atoms with E-state index in [1.54, 1.807) is 0 Å². The molecule has 2 atom stereocenters. The second-order valence-electron chi connectivity index (χ2n) is 10.9. The highest BCUT2D eigenvalue weighted by Gasteiger charge is 2.30. The average Bonchev–Trinajstić information content (AvgIpc) is 3.44. The van der Waals surface area contributed by atoms with Crippen LogP contribution in [0, 0.1) is 5.92 Å². The summed E-state index contributed by atoms with van der Waals surface area (Å²) in [5.41, 5.74) is 6.78. The van der Waals surface area contributed by atoms with Crippen LogP contribution >= 0.6 is 0 Å². The van der Waals surface area contributed by atoms with E-state index in [-0.39, 0.29) is 12.1 Å². The molecule has 4 aromatic carbocycles. The van der Waals surface area contributed by atoms with E-state index in [0.29, 0.717) is 0 Å². The van der Waals surface area contributed by atoms with Crippen molar-refractivity contribution in [3.63, 3.8) is 0 Å². The highest BCUT2D eigenvalue weighted by Crippen LogP contribution is 2.39. The first-order valence-electron chi connectivity index (χ1n) is 14.4. The van der Waals surface area contributed by atoms with E-state index in [1.807, 2.05) is 18.2 Å². The number of nitrogens with zero attached hydrogens (tertiary/aromatic N) is 2. The van der Waals surface area contributed by atoms with E-state index in [9.17, 15) is 0 Å². The van der Waals surface area contributed by atoms with Crippen molar-refractivity contribution in [1.29, 1.82) is 0 Å². The molecule has 0 saturated heterocycles. The number of nitrogens with one attached hydrogen (secondary N) is 1. The molecule has 0 bridgehead atoms. The van der Waals surface area contributed by atoms with Crippen molar-refractivity contribution in [2.45, 2.75) is 25.4 Å². The first-order valence-corrected chi connectivity index (χ1v) is 14.4. The van der Waals surface area contributed by atoms with Crippen molar-refractivity contribution in [2.24, 2.45) is 15.9 Å². The lowest BCUT2D eigenvalue weighted by Crippen LogP contribution is -2.41. The minimum absolute atomic E-state index is 0.140. The molecule has 5 aromatic rings. The van der Waals surface area contributed by atoms with Crippen LogP contribution in [0.15, 0.2) is 136 Å². The van der Waals surface area contributed by atoms with E-state index in [2.05, 4.69) is 108 Å². The summed E-state index contributed by atoms with van der Waals surface area (Å²) in [7, 11) is 0. The Morgan fingerprint density at radius 2 is 1.59 bits per heavy atom. The van der Waals surface area contributed by atoms with Crippen LogP contribution in [-0.4, -0.2) is 17.8 Å². The third kappa shape index (κ3) is 4.33. The lowest BCUT2D eigenvalue weighted by atomic mass is 9.90. The molecule has 2 unspecified atom stereocenters. The maximum Gasteiger partial charge on any atom is 0.169 e. The smallest absolute Gasteiger partial charge is 0.169 e. The average molecular weight is 532 g/mol. The molecule has 0 fully saturated rings. The monoisotopic (exact) mass is 531 g/mol. The van der Waals surface area contributed by atoms with Crippen LogP contribution in [0.5, 0.6) is 0 Å². The summed E-state index contributed by atoms with van der Waals surface area (Å²) >= 11 is 0. The molecular formula is C37H29N3O. The normalized spacial score (nSPS) is 20.1. The van der Waals surface area contributed by atoms with Gasteiger partial charge in [-0.15, -0.1) is 0 Å². The highest BCUT2D eigenvalue weighted by molar-refractivity contribution is 6.12. The molecule has 0 radical (unpaired) electrons. The second-order valence-corrected chi connectivity index (χ2v) is 10.9. The van der Waals surface area contributed by atoms with Crippen molar-refractivity contribution in [3.8, 4) is 0 Å². The molecule has 2 aliphatic carbocycles. The fourth-order valence-corrected chi connectivity index (χ4v) is 6.23. The van der Waals surface area contributed by atoms with Gasteiger partial charge in [0.25, 0.3) is 0 Å². The Kier molecular flexibility index (Phi) is 5.77. The first-order chi connectivity index (χ1) is 20.3. The summed E-state index contributed by atoms with van der Waals surface area (Å²) in [6.45, 7) is 0. The van der Waals surface area contributed by atoms with Crippen LogP contribution < -0.4 is 5.32 Å². The topological polar surface area (TPSA) is 49.9 Å². The van der Waals surface area contributed by atoms with Gasteiger partial charge in [0, 0.05) is 34.4 Å². The molecule has 1 N–H and O–H groups in total. The van der Waals surface area contributed by atoms with E-state index < -0.39 is 0 Å². The first kappa shape index (κ1) is 23.9.